The smallest absolute Gasteiger partial charge is 0.254 e. The van der Waals surface area contributed by atoms with Crippen molar-refractivity contribution >= 4 is 21.8 Å². The Morgan fingerprint density at radius 2 is 2.25 bits per heavy atom. The molecule has 1 saturated heterocycles. The van der Waals surface area contributed by atoms with E-state index in [1.165, 1.54) is 0 Å². The van der Waals surface area contributed by atoms with Crippen molar-refractivity contribution in [1.29, 1.82) is 0 Å². The quantitative estimate of drug-likeness (QED) is 0.898. The number of rotatable bonds is 2. The Morgan fingerprint density at radius 1 is 1.55 bits per heavy atom. The lowest BCUT2D eigenvalue weighted by Crippen LogP contribution is -2.55. The number of aliphatic hydroxyl groups excluding tert-OH is 1. The van der Waals surface area contributed by atoms with Crippen molar-refractivity contribution in [3.05, 3.63) is 33.8 Å². The zero-order valence-corrected chi connectivity index (χ0v) is 13.6. The van der Waals surface area contributed by atoms with E-state index < -0.39 is 5.60 Å². The Bertz CT molecular complexity index is 516. The topological polar surface area (TPSA) is 49.8 Å². The van der Waals surface area contributed by atoms with E-state index in [-0.39, 0.29) is 18.6 Å². The fourth-order valence-electron chi connectivity index (χ4n) is 2.45. The van der Waals surface area contributed by atoms with Crippen LogP contribution in [0.15, 0.2) is 22.7 Å². The molecule has 0 saturated carbocycles. The first kappa shape index (κ1) is 15.5. The number of aliphatic hydroxyl groups is 1. The van der Waals surface area contributed by atoms with Gasteiger partial charge in [-0.05, 0) is 38.5 Å². The number of morpholine rings is 1. The van der Waals surface area contributed by atoms with Gasteiger partial charge < -0.3 is 14.7 Å². The Morgan fingerprint density at radius 3 is 2.85 bits per heavy atom. The van der Waals surface area contributed by atoms with E-state index in [2.05, 4.69) is 15.9 Å². The minimum atomic E-state index is -0.441. The van der Waals surface area contributed by atoms with Crippen molar-refractivity contribution in [3.8, 4) is 0 Å². The molecule has 1 unspecified atom stereocenters. The van der Waals surface area contributed by atoms with Crippen molar-refractivity contribution in [2.45, 2.75) is 32.5 Å². The molecule has 0 spiro atoms. The lowest BCUT2D eigenvalue weighted by Gasteiger charge is -2.42. The average molecular weight is 342 g/mol. The molecule has 1 atom stereocenters. The van der Waals surface area contributed by atoms with Crippen LogP contribution in [0.25, 0.3) is 0 Å². The number of hydrogen-bond acceptors (Lipinski definition) is 3. The molecule has 1 fully saturated rings. The molecule has 0 aromatic heterocycles. The molecule has 110 valence electrons. The van der Waals surface area contributed by atoms with Gasteiger partial charge in [0.15, 0.2) is 0 Å². The SMILES string of the molecule is Cc1ccc(C(=O)N2CC(CO)OC(C)(C)C2)cc1Br. The number of hydrogen-bond donors (Lipinski definition) is 1. The summed E-state index contributed by atoms with van der Waals surface area (Å²) < 4.78 is 6.65. The summed E-state index contributed by atoms with van der Waals surface area (Å²) in [6, 6.07) is 5.60. The highest BCUT2D eigenvalue weighted by Crippen LogP contribution is 2.24. The van der Waals surface area contributed by atoms with Crippen LogP contribution in [0.1, 0.15) is 29.8 Å². The summed E-state index contributed by atoms with van der Waals surface area (Å²) >= 11 is 3.45. The van der Waals surface area contributed by atoms with E-state index in [1.54, 1.807) is 4.90 Å². The lowest BCUT2D eigenvalue weighted by molar-refractivity contribution is -0.139. The van der Waals surface area contributed by atoms with Crippen molar-refractivity contribution in [2.75, 3.05) is 19.7 Å². The van der Waals surface area contributed by atoms with Crippen LogP contribution >= 0.6 is 15.9 Å². The zero-order chi connectivity index (χ0) is 14.9. The van der Waals surface area contributed by atoms with E-state index >= 15 is 0 Å². The maximum Gasteiger partial charge on any atom is 0.254 e. The molecule has 0 radical (unpaired) electrons. The second-order valence-electron chi connectivity index (χ2n) is 5.83. The van der Waals surface area contributed by atoms with E-state index in [4.69, 9.17) is 4.74 Å². The largest absolute Gasteiger partial charge is 0.394 e. The molecular weight excluding hydrogens is 322 g/mol. The van der Waals surface area contributed by atoms with Crippen LogP contribution in [0.4, 0.5) is 0 Å². The van der Waals surface area contributed by atoms with Crippen LogP contribution in [-0.2, 0) is 4.74 Å². The third-order valence-electron chi connectivity index (χ3n) is 3.39. The molecule has 0 bridgehead atoms. The Hall–Kier alpha value is -0.910. The summed E-state index contributed by atoms with van der Waals surface area (Å²) in [6.07, 6.45) is -0.323. The third-order valence-corrected chi connectivity index (χ3v) is 4.25. The van der Waals surface area contributed by atoms with Gasteiger partial charge in [-0.3, -0.25) is 4.79 Å². The zero-order valence-electron chi connectivity index (χ0n) is 12.0. The number of benzene rings is 1. The third kappa shape index (κ3) is 3.40. The van der Waals surface area contributed by atoms with Gasteiger partial charge in [0.2, 0.25) is 0 Å². The first-order chi connectivity index (χ1) is 9.32. The lowest BCUT2D eigenvalue weighted by atomic mass is 10.0. The van der Waals surface area contributed by atoms with E-state index in [0.717, 1.165) is 10.0 Å². The summed E-state index contributed by atoms with van der Waals surface area (Å²) in [5.74, 6) is -0.0273. The number of aryl methyl sites for hydroxylation is 1. The summed E-state index contributed by atoms with van der Waals surface area (Å²) in [5.41, 5.74) is 1.30. The number of ether oxygens (including phenoxy) is 1. The second-order valence-corrected chi connectivity index (χ2v) is 6.69. The van der Waals surface area contributed by atoms with Gasteiger partial charge in [-0.1, -0.05) is 22.0 Å². The first-order valence-corrected chi connectivity index (χ1v) is 7.46. The van der Waals surface area contributed by atoms with Crippen LogP contribution in [0.5, 0.6) is 0 Å². The van der Waals surface area contributed by atoms with E-state index in [0.29, 0.717) is 18.7 Å². The van der Waals surface area contributed by atoms with Gasteiger partial charge in [0.25, 0.3) is 5.91 Å². The van der Waals surface area contributed by atoms with Crippen molar-refractivity contribution in [2.24, 2.45) is 0 Å². The number of carbonyl (C=O) groups excluding carboxylic acids is 1. The molecule has 5 heteroatoms. The monoisotopic (exact) mass is 341 g/mol. The van der Waals surface area contributed by atoms with Crippen molar-refractivity contribution in [1.82, 2.24) is 4.90 Å². The summed E-state index contributed by atoms with van der Waals surface area (Å²) in [6.45, 7) is 6.71. The standard InChI is InChI=1S/C15H20BrNO3/c1-10-4-5-11(6-13(10)16)14(19)17-7-12(8-18)20-15(2,3)9-17/h4-6,12,18H,7-9H2,1-3H3. The maximum atomic E-state index is 12.6. The number of carbonyl (C=O) groups is 1. The fourth-order valence-corrected chi connectivity index (χ4v) is 2.83. The van der Waals surface area contributed by atoms with Crippen LogP contribution < -0.4 is 0 Å². The number of amides is 1. The molecule has 1 amide bonds. The van der Waals surface area contributed by atoms with Crippen molar-refractivity contribution < 1.29 is 14.6 Å². The first-order valence-electron chi connectivity index (χ1n) is 6.66. The van der Waals surface area contributed by atoms with Crippen molar-refractivity contribution in [3.63, 3.8) is 0 Å². The van der Waals surface area contributed by atoms with E-state index in [9.17, 15) is 9.90 Å². The summed E-state index contributed by atoms with van der Waals surface area (Å²) in [7, 11) is 0. The Labute approximate surface area is 127 Å². The fraction of sp³-hybridized carbons (Fsp3) is 0.533. The highest BCUT2D eigenvalue weighted by molar-refractivity contribution is 9.10. The number of halogens is 1. The Balaban J connectivity index is 2.21. The van der Waals surface area contributed by atoms with Gasteiger partial charge in [0.05, 0.1) is 18.3 Å². The minimum absolute atomic E-state index is 0.0273. The molecule has 1 aromatic rings. The summed E-state index contributed by atoms with van der Waals surface area (Å²) in [5, 5.41) is 9.30. The van der Waals surface area contributed by atoms with Crippen LogP contribution in [0, 0.1) is 6.92 Å². The van der Waals surface area contributed by atoms with Crippen LogP contribution in [0.2, 0.25) is 0 Å². The molecule has 0 aliphatic carbocycles. The highest BCUT2D eigenvalue weighted by Gasteiger charge is 2.35. The van der Waals surface area contributed by atoms with Gasteiger partial charge in [-0.25, -0.2) is 0 Å². The maximum absolute atomic E-state index is 12.6. The average Bonchev–Trinajstić information content (AvgIpc) is 2.39. The normalized spacial score (nSPS) is 21.9. The predicted octanol–water partition coefficient (Wildman–Crippen LogP) is 2.37. The van der Waals surface area contributed by atoms with Gasteiger partial charge in [-0.2, -0.15) is 0 Å². The van der Waals surface area contributed by atoms with Gasteiger partial charge in [0.1, 0.15) is 0 Å². The molecule has 1 heterocycles. The molecule has 1 aliphatic rings. The van der Waals surface area contributed by atoms with Crippen LogP contribution in [-0.4, -0.2) is 47.3 Å². The molecule has 2 rings (SSSR count). The highest BCUT2D eigenvalue weighted by atomic mass is 79.9. The summed E-state index contributed by atoms with van der Waals surface area (Å²) in [4.78, 5) is 14.3. The molecule has 1 N–H and O–H groups in total. The molecule has 1 aromatic carbocycles. The van der Waals surface area contributed by atoms with E-state index in [1.807, 2.05) is 39.0 Å². The molecule has 4 nitrogen and oxygen atoms in total. The minimum Gasteiger partial charge on any atom is -0.394 e. The van der Waals surface area contributed by atoms with Gasteiger partial charge >= 0.3 is 0 Å². The molecular formula is C15H20BrNO3. The molecule has 20 heavy (non-hydrogen) atoms. The molecule has 1 aliphatic heterocycles. The van der Waals surface area contributed by atoms with Gasteiger partial charge in [0, 0.05) is 23.1 Å². The predicted molar refractivity (Wildman–Crippen MR) is 80.8 cm³/mol. The second kappa shape index (κ2) is 5.84. The van der Waals surface area contributed by atoms with Crippen LogP contribution in [0.3, 0.4) is 0 Å². The van der Waals surface area contributed by atoms with Gasteiger partial charge in [-0.15, -0.1) is 0 Å². The Kier molecular flexibility index (Phi) is 4.52. The number of nitrogens with zero attached hydrogens (tertiary/aromatic N) is 1.